The number of methoxy groups -OCH3 is 1. The number of nitrogens with one attached hydrogen (secondary N) is 1. The molecule has 2 aliphatic rings. The fourth-order valence-corrected chi connectivity index (χ4v) is 3.53. The molecule has 3 amide bonds. The van der Waals surface area contributed by atoms with E-state index in [2.05, 4.69) is 5.32 Å². The van der Waals surface area contributed by atoms with Crippen molar-refractivity contribution in [2.45, 2.75) is 37.7 Å². The van der Waals surface area contributed by atoms with Crippen LogP contribution in [-0.4, -0.2) is 60.1 Å². The fraction of sp³-hybridized carbons (Fsp3) is 0.529. The van der Waals surface area contributed by atoms with E-state index in [1.807, 2.05) is 0 Å². The number of hydrogen-bond acceptors (Lipinski definition) is 3. The number of para-hydroxylation sites is 1. The summed E-state index contributed by atoms with van der Waals surface area (Å²) in [6.45, 7) is 2.30. The first kappa shape index (κ1) is 18.5. The predicted molar refractivity (Wildman–Crippen MR) is 87.5 cm³/mol. The Labute approximate surface area is 148 Å². The van der Waals surface area contributed by atoms with E-state index in [9.17, 15) is 22.8 Å². The van der Waals surface area contributed by atoms with E-state index in [1.54, 1.807) is 18.9 Å². The number of piperazine rings is 1. The highest BCUT2D eigenvalue weighted by atomic mass is 19.4. The Hall–Kier alpha value is -2.29. The van der Waals surface area contributed by atoms with Crippen LogP contribution in [0.5, 0.6) is 0 Å². The van der Waals surface area contributed by atoms with Crippen LogP contribution in [0.2, 0.25) is 0 Å². The zero-order valence-electron chi connectivity index (χ0n) is 14.4. The number of carbonyl (C=O) groups is 2. The van der Waals surface area contributed by atoms with Crippen molar-refractivity contribution in [3.05, 3.63) is 29.8 Å². The first-order chi connectivity index (χ1) is 12.2. The highest BCUT2D eigenvalue weighted by molar-refractivity contribution is 5.95. The standard InChI is InChI=1S/C17H20F3N3O3/c1-10-15(24)23-9-12(26-2)7-11(23)8-22(10)16(25)21-14-6-4-3-5-13(14)17(18,19)20/h3-6,10-12H,7-9H2,1-2H3,(H,21,25)/t10-,11-,12-/m0/s1. The van der Waals surface area contributed by atoms with Crippen LogP contribution in [0.1, 0.15) is 18.9 Å². The van der Waals surface area contributed by atoms with Gasteiger partial charge in [-0.15, -0.1) is 0 Å². The molecule has 0 spiro atoms. The molecule has 2 aliphatic heterocycles. The van der Waals surface area contributed by atoms with Gasteiger partial charge in [0, 0.05) is 20.2 Å². The monoisotopic (exact) mass is 371 g/mol. The van der Waals surface area contributed by atoms with E-state index in [4.69, 9.17) is 4.74 Å². The molecular weight excluding hydrogens is 351 g/mol. The van der Waals surface area contributed by atoms with E-state index in [0.717, 1.165) is 6.07 Å². The molecule has 0 saturated carbocycles. The Balaban J connectivity index is 1.78. The molecule has 0 aromatic heterocycles. The quantitative estimate of drug-likeness (QED) is 0.869. The van der Waals surface area contributed by atoms with Crippen molar-refractivity contribution in [2.75, 3.05) is 25.5 Å². The first-order valence-electron chi connectivity index (χ1n) is 8.29. The van der Waals surface area contributed by atoms with Crippen molar-refractivity contribution < 1.29 is 27.5 Å². The normalized spacial score (nSPS) is 26.0. The van der Waals surface area contributed by atoms with Crippen LogP contribution in [0.25, 0.3) is 0 Å². The maximum absolute atomic E-state index is 13.1. The van der Waals surface area contributed by atoms with Crippen molar-refractivity contribution in [3.8, 4) is 0 Å². The third-order valence-electron chi connectivity index (χ3n) is 4.96. The molecule has 0 unspecified atom stereocenters. The van der Waals surface area contributed by atoms with E-state index in [0.29, 0.717) is 13.0 Å². The minimum absolute atomic E-state index is 0.0925. The van der Waals surface area contributed by atoms with Crippen LogP contribution in [0.3, 0.4) is 0 Å². The van der Waals surface area contributed by atoms with Gasteiger partial charge in [-0.3, -0.25) is 4.79 Å². The molecule has 1 N–H and O–H groups in total. The van der Waals surface area contributed by atoms with Gasteiger partial charge >= 0.3 is 12.2 Å². The van der Waals surface area contributed by atoms with Crippen LogP contribution in [0.15, 0.2) is 24.3 Å². The summed E-state index contributed by atoms with van der Waals surface area (Å²) in [5.74, 6) is -0.222. The predicted octanol–water partition coefficient (Wildman–Crippen LogP) is 2.56. The van der Waals surface area contributed by atoms with Crippen LogP contribution in [0, 0.1) is 0 Å². The largest absolute Gasteiger partial charge is 0.418 e. The Morgan fingerprint density at radius 3 is 2.62 bits per heavy atom. The lowest BCUT2D eigenvalue weighted by molar-refractivity contribution is -0.141. The summed E-state index contributed by atoms with van der Waals surface area (Å²) < 4.78 is 44.6. The lowest BCUT2D eigenvalue weighted by atomic mass is 10.1. The molecule has 1 aromatic rings. The van der Waals surface area contributed by atoms with Crippen LogP contribution < -0.4 is 5.32 Å². The maximum Gasteiger partial charge on any atom is 0.418 e. The summed E-state index contributed by atoms with van der Waals surface area (Å²) in [4.78, 5) is 28.1. The maximum atomic E-state index is 13.1. The molecule has 142 valence electrons. The molecule has 0 aliphatic carbocycles. The fourth-order valence-electron chi connectivity index (χ4n) is 3.53. The summed E-state index contributed by atoms with van der Waals surface area (Å²) in [7, 11) is 1.57. The summed E-state index contributed by atoms with van der Waals surface area (Å²) in [6, 6.07) is 3.11. The molecule has 2 heterocycles. The average Bonchev–Trinajstić information content (AvgIpc) is 3.01. The molecule has 3 rings (SSSR count). The van der Waals surface area contributed by atoms with Gasteiger partial charge in [-0.2, -0.15) is 13.2 Å². The first-order valence-corrected chi connectivity index (χ1v) is 8.29. The van der Waals surface area contributed by atoms with Crippen LogP contribution >= 0.6 is 0 Å². The molecule has 9 heteroatoms. The minimum Gasteiger partial charge on any atom is -0.380 e. The SMILES string of the molecule is CO[C@H]1C[C@H]2CN(C(=O)Nc3ccccc3C(F)(F)F)[C@@H](C)C(=O)N2C1. The Morgan fingerprint density at radius 1 is 1.27 bits per heavy atom. The Bertz CT molecular complexity index is 710. The van der Waals surface area contributed by atoms with Gasteiger partial charge in [-0.25, -0.2) is 4.79 Å². The van der Waals surface area contributed by atoms with Gasteiger partial charge in [0.25, 0.3) is 0 Å². The van der Waals surface area contributed by atoms with Gasteiger partial charge < -0.3 is 19.9 Å². The lowest BCUT2D eigenvalue weighted by Gasteiger charge is -2.41. The summed E-state index contributed by atoms with van der Waals surface area (Å²) >= 11 is 0. The molecule has 26 heavy (non-hydrogen) atoms. The number of halogens is 3. The van der Waals surface area contributed by atoms with Gasteiger partial charge in [-0.05, 0) is 25.5 Å². The number of fused-ring (bicyclic) bond motifs is 1. The number of nitrogens with zero attached hydrogens (tertiary/aromatic N) is 2. The van der Waals surface area contributed by atoms with Crippen molar-refractivity contribution >= 4 is 17.6 Å². The Morgan fingerprint density at radius 2 is 1.96 bits per heavy atom. The molecule has 3 atom stereocenters. The molecule has 2 saturated heterocycles. The van der Waals surface area contributed by atoms with Gasteiger partial charge in [0.2, 0.25) is 5.91 Å². The number of hydrogen-bond donors (Lipinski definition) is 1. The minimum atomic E-state index is -4.58. The molecule has 0 bridgehead atoms. The molecule has 1 aromatic carbocycles. The summed E-state index contributed by atoms with van der Waals surface area (Å²) in [6.07, 6.45) is -4.08. The molecule has 6 nitrogen and oxygen atoms in total. The van der Waals surface area contributed by atoms with E-state index in [1.165, 1.54) is 23.1 Å². The van der Waals surface area contributed by atoms with Gasteiger partial charge in [0.05, 0.1) is 23.4 Å². The van der Waals surface area contributed by atoms with Crippen LogP contribution in [-0.2, 0) is 15.7 Å². The summed E-state index contributed by atoms with van der Waals surface area (Å²) in [5.41, 5.74) is -1.25. The van der Waals surface area contributed by atoms with Crippen molar-refractivity contribution in [1.82, 2.24) is 9.80 Å². The molecule has 0 radical (unpaired) electrons. The van der Waals surface area contributed by atoms with Crippen LogP contribution in [0.4, 0.5) is 23.7 Å². The second-order valence-electron chi connectivity index (χ2n) is 6.54. The van der Waals surface area contributed by atoms with Gasteiger partial charge in [0.1, 0.15) is 6.04 Å². The number of rotatable bonds is 2. The van der Waals surface area contributed by atoms with E-state index >= 15 is 0 Å². The third-order valence-corrected chi connectivity index (χ3v) is 4.96. The number of ether oxygens (including phenoxy) is 1. The molecule has 2 fully saturated rings. The number of anilines is 1. The number of carbonyl (C=O) groups excluding carboxylic acids is 2. The Kier molecular flexibility index (Phi) is 4.83. The van der Waals surface area contributed by atoms with E-state index in [-0.39, 0.29) is 30.3 Å². The zero-order chi connectivity index (χ0) is 19.1. The number of benzene rings is 1. The highest BCUT2D eigenvalue weighted by Crippen LogP contribution is 2.35. The van der Waals surface area contributed by atoms with E-state index < -0.39 is 23.8 Å². The average molecular weight is 371 g/mol. The smallest absolute Gasteiger partial charge is 0.380 e. The summed E-state index contributed by atoms with van der Waals surface area (Å²) in [5, 5.41) is 2.31. The third kappa shape index (κ3) is 3.35. The van der Waals surface area contributed by atoms with Gasteiger partial charge in [0.15, 0.2) is 0 Å². The second-order valence-corrected chi connectivity index (χ2v) is 6.54. The van der Waals surface area contributed by atoms with Crippen molar-refractivity contribution in [1.29, 1.82) is 0 Å². The lowest BCUT2D eigenvalue weighted by Crippen LogP contribution is -2.60. The van der Waals surface area contributed by atoms with Gasteiger partial charge in [-0.1, -0.05) is 12.1 Å². The number of urea groups is 1. The zero-order valence-corrected chi connectivity index (χ0v) is 14.4. The topological polar surface area (TPSA) is 61.9 Å². The van der Waals surface area contributed by atoms with Crippen molar-refractivity contribution in [3.63, 3.8) is 0 Å². The highest BCUT2D eigenvalue weighted by Gasteiger charge is 2.45. The van der Waals surface area contributed by atoms with Crippen molar-refractivity contribution in [2.24, 2.45) is 0 Å². The molecular formula is C17H20F3N3O3. The number of amides is 3. The second kappa shape index (κ2) is 6.79. The number of alkyl halides is 3.